The first-order valence-corrected chi connectivity index (χ1v) is 6.89. The van der Waals surface area contributed by atoms with Crippen molar-refractivity contribution >= 4 is 0 Å². The van der Waals surface area contributed by atoms with E-state index in [9.17, 15) is 5.11 Å². The van der Waals surface area contributed by atoms with Crippen LogP contribution in [0.4, 0.5) is 0 Å². The Kier molecular flexibility index (Phi) is 3.60. The first-order chi connectivity index (χ1) is 10.2. The van der Waals surface area contributed by atoms with Gasteiger partial charge in [0.1, 0.15) is 11.9 Å². The zero-order chi connectivity index (χ0) is 14.8. The largest absolute Gasteiger partial charge is 0.508 e. The number of hydrogen-bond acceptors (Lipinski definition) is 4. The standard InChI is InChI=1S/C17H18O4/c1-19-15-8-5-12-10-14(21-16(12)17(15)20-2)9-11-3-6-13(18)7-4-11/h3-8,14,18H,9-10H2,1-2H3. The molecule has 0 spiro atoms. The van der Waals surface area contributed by atoms with E-state index in [1.54, 1.807) is 26.4 Å². The van der Waals surface area contributed by atoms with E-state index in [-0.39, 0.29) is 11.9 Å². The molecule has 0 fully saturated rings. The second-order valence-electron chi connectivity index (χ2n) is 5.10. The van der Waals surface area contributed by atoms with Crippen molar-refractivity contribution in [3.05, 3.63) is 47.5 Å². The molecule has 1 aliphatic rings. The van der Waals surface area contributed by atoms with Crippen LogP contribution in [-0.4, -0.2) is 25.4 Å². The lowest BCUT2D eigenvalue weighted by molar-refractivity contribution is 0.221. The van der Waals surface area contributed by atoms with E-state index >= 15 is 0 Å². The molecule has 1 unspecified atom stereocenters. The number of phenolic OH excluding ortho intramolecular Hbond substituents is 1. The number of ether oxygens (including phenoxy) is 3. The van der Waals surface area contributed by atoms with Crippen molar-refractivity contribution < 1.29 is 19.3 Å². The molecule has 2 aromatic carbocycles. The van der Waals surface area contributed by atoms with Crippen LogP contribution in [0.1, 0.15) is 11.1 Å². The van der Waals surface area contributed by atoms with Crippen molar-refractivity contribution in [1.82, 2.24) is 0 Å². The fraction of sp³-hybridized carbons (Fsp3) is 0.294. The molecule has 4 heteroatoms. The van der Waals surface area contributed by atoms with Crippen LogP contribution in [0.3, 0.4) is 0 Å². The van der Waals surface area contributed by atoms with Gasteiger partial charge in [0.25, 0.3) is 0 Å². The molecule has 1 atom stereocenters. The van der Waals surface area contributed by atoms with E-state index in [4.69, 9.17) is 14.2 Å². The maximum atomic E-state index is 9.32. The summed E-state index contributed by atoms with van der Waals surface area (Å²) in [5.74, 6) is 2.39. The van der Waals surface area contributed by atoms with E-state index in [1.165, 1.54) is 0 Å². The molecule has 0 aliphatic carbocycles. The van der Waals surface area contributed by atoms with Crippen molar-refractivity contribution in [1.29, 1.82) is 0 Å². The zero-order valence-corrected chi connectivity index (χ0v) is 12.1. The topological polar surface area (TPSA) is 47.9 Å². The number of benzene rings is 2. The van der Waals surface area contributed by atoms with Gasteiger partial charge in [-0.2, -0.15) is 0 Å². The smallest absolute Gasteiger partial charge is 0.203 e. The summed E-state index contributed by atoms with van der Waals surface area (Å²) in [6.45, 7) is 0. The van der Waals surface area contributed by atoms with Gasteiger partial charge in [0.05, 0.1) is 14.2 Å². The summed E-state index contributed by atoms with van der Waals surface area (Å²) in [4.78, 5) is 0. The van der Waals surface area contributed by atoms with Gasteiger partial charge < -0.3 is 19.3 Å². The molecule has 1 aliphatic heterocycles. The average molecular weight is 286 g/mol. The average Bonchev–Trinajstić information content (AvgIpc) is 2.90. The van der Waals surface area contributed by atoms with Crippen LogP contribution in [0.5, 0.6) is 23.0 Å². The molecule has 0 bridgehead atoms. The van der Waals surface area contributed by atoms with E-state index in [0.717, 1.165) is 29.7 Å². The summed E-state index contributed by atoms with van der Waals surface area (Å²) in [7, 11) is 3.24. The highest BCUT2D eigenvalue weighted by molar-refractivity contribution is 5.57. The second kappa shape index (κ2) is 5.56. The van der Waals surface area contributed by atoms with Gasteiger partial charge in [-0.05, 0) is 23.8 Å². The molecule has 21 heavy (non-hydrogen) atoms. The fourth-order valence-corrected chi connectivity index (χ4v) is 2.69. The quantitative estimate of drug-likeness (QED) is 0.938. The first kappa shape index (κ1) is 13.6. The summed E-state index contributed by atoms with van der Waals surface area (Å²) >= 11 is 0. The van der Waals surface area contributed by atoms with Crippen LogP contribution in [0, 0.1) is 0 Å². The molecule has 2 aromatic rings. The Labute approximate surface area is 123 Å². The number of methoxy groups -OCH3 is 2. The number of rotatable bonds is 4. The molecular weight excluding hydrogens is 268 g/mol. The van der Waals surface area contributed by atoms with Gasteiger partial charge in [0.15, 0.2) is 11.5 Å². The molecule has 0 saturated carbocycles. The van der Waals surface area contributed by atoms with Crippen LogP contribution >= 0.6 is 0 Å². The third-order valence-corrected chi connectivity index (χ3v) is 3.71. The maximum Gasteiger partial charge on any atom is 0.203 e. The number of hydrogen-bond donors (Lipinski definition) is 1. The predicted molar refractivity (Wildman–Crippen MR) is 79.5 cm³/mol. The van der Waals surface area contributed by atoms with Gasteiger partial charge in [-0.3, -0.25) is 0 Å². The van der Waals surface area contributed by atoms with Crippen molar-refractivity contribution in [3.8, 4) is 23.0 Å². The summed E-state index contributed by atoms with van der Waals surface area (Å²) in [6.07, 6.45) is 1.71. The van der Waals surface area contributed by atoms with Crippen LogP contribution in [0.15, 0.2) is 36.4 Å². The fourth-order valence-electron chi connectivity index (χ4n) is 2.69. The summed E-state index contributed by atoms with van der Waals surface area (Å²) in [5, 5.41) is 9.32. The van der Waals surface area contributed by atoms with Gasteiger partial charge in [0.2, 0.25) is 5.75 Å². The van der Waals surface area contributed by atoms with Gasteiger partial charge in [0, 0.05) is 18.4 Å². The van der Waals surface area contributed by atoms with Gasteiger partial charge in [-0.25, -0.2) is 0 Å². The van der Waals surface area contributed by atoms with Gasteiger partial charge in [-0.1, -0.05) is 18.2 Å². The van der Waals surface area contributed by atoms with E-state index in [1.807, 2.05) is 24.3 Å². The molecule has 3 rings (SSSR count). The highest BCUT2D eigenvalue weighted by atomic mass is 16.5. The molecule has 0 aromatic heterocycles. The lowest BCUT2D eigenvalue weighted by Crippen LogP contribution is -2.16. The molecule has 110 valence electrons. The number of fused-ring (bicyclic) bond motifs is 1. The second-order valence-corrected chi connectivity index (χ2v) is 5.10. The molecule has 0 saturated heterocycles. The number of aromatic hydroxyl groups is 1. The van der Waals surface area contributed by atoms with Crippen molar-refractivity contribution in [2.75, 3.05) is 14.2 Å². The van der Waals surface area contributed by atoms with Crippen molar-refractivity contribution in [2.45, 2.75) is 18.9 Å². The Morgan fingerprint density at radius 1 is 1.10 bits per heavy atom. The van der Waals surface area contributed by atoms with Crippen LogP contribution in [0.25, 0.3) is 0 Å². The van der Waals surface area contributed by atoms with Crippen molar-refractivity contribution in [3.63, 3.8) is 0 Å². The Bertz CT molecular complexity index is 634. The zero-order valence-electron chi connectivity index (χ0n) is 12.1. The number of phenols is 1. The highest BCUT2D eigenvalue weighted by Crippen LogP contribution is 2.44. The molecular formula is C17H18O4. The predicted octanol–water partition coefficient (Wildman–Crippen LogP) is 2.96. The van der Waals surface area contributed by atoms with Crippen molar-refractivity contribution in [2.24, 2.45) is 0 Å². The summed E-state index contributed by atoms with van der Waals surface area (Å²) in [6, 6.07) is 11.2. The minimum Gasteiger partial charge on any atom is -0.508 e. The third-order valence-electron chi connectivity index (χ3n) is 3.71. The first-order valence-electron chi connectivity index (χ1n) is 6.89. The third kappa shape index (κ3) is 2.61. The van der Waals surface area contributed by atoms with E-state index in [2.05, 4.69) is 0 Å². The Balaban J connectivity index is 1.79. The SMILES string of the molecule is COc1ccc2c(c1OC)OC(Cc1ccc(O)cc1)C2. The lowest BCUT2D eigenvalue weighted by Gasteiger charge is -2.13. The maximum absolute atomic E-state index is 9.32. The normalized spacial score (nSPS) is 16.2. The minimum atomic E-state index is 0.0746. The van der Waals surface area contributed by atoms with E-state index < -0.39 is 0 Å². The Morgan fingerprint density at radius 2 is 1.86 bits per heavy atom. The molecule has 0 radical (unpaired) electrons. The highest BCUT2D eigenvalue weighted by Gasteiger charge is 2.28. The molecule has 0 amide bonds. The molecule has 4 nitrogen and oxygen atoms in total. The Hall–Kier alpha value is -2.36. The van der Waals surface area contributed by atoms with Crippen LogP contribution < -0.4 is 14.2 Å². The molecule has 1 N–H and O–H groups in total. The minimum absolute atomic E-state index is 0.0746. The van der Waals surface area contributed by atoms with Crippen LogP contribution in [-0.2, 0) is 12.8 Å². The lowest BCUT2D eigenvalue weighted by atomic mass is 10.0. The summed E-state index contributed by atoms with van der Waals surface area (Å²) in [5.41, 5.74) is 2.27. The van der Waals surface area contributed by atoms with E-state index in [0.29, 0.717) is 11.5 Å². The van der Waals surface area contributed by atoms with Crippen LogP contribution in [0.2, 0.25) is 0 Å². The molecule has 1 heterocycles. The van der Waals surface area contributed by atoms with Gasteiger partial charge >= 0.3 is 0 Å². The Morgan fingerprint density at radius 3 is 2.52 bits per heavy atom. The summed E-state index contributed by atoms with van der Waals surface area (Å²) < 4.78 is 16.7. The monoisotopic (exact) mass is 286 g/mol. The van der Waals surface area contributed by atoms with Gasteiger partial charge in [-0.15, -0.1) is 0 Å².